The monoisotopic (exact) mass is 290 g/mol. The lowest BCUT2D eigenvalue weighted by atomic mass is 9.93. The van der Waals surface area contributed by atoms with E-state index in [0.29, 0.717) is 5.92 Å². The van der Waals surface area contributed by atoms with Gasteiger partial charge in [0.2, 0.25) is 5.91 Å². The van der Waals surface area contributed by atoms with Gasteiger partial charge in [-0.25, -0.2) is 0 Å². The van der Waals surface area contributed by atoms with E-state index in [4.69, 9.17) is 5.73 Å². The van der Waals surface area contributed by atoms with Crippen molar-refractivity contribution >= 4 is 5.91 Å². The van der Waals surface area contributed by atoms with Crippen LogP contribution in [0.15, 0.2) is 24.3 Å². The molecule has 3 atom stereocenters. The molecule has 1 aromatic rings. The molecule has 3 N–H and O–H groups in total. The maximum absolute atomic E-state index is 12.3. The van der Waals surface area contributed by atoms with Crippen molar-refractivity contribution in [3.8, 4) is 0 Å². The first kappa shape index (κ1) is 17.7. The van der Waals surface area contributed by atoms with Crippen LogP contribution in [0.25, 0.3) is 0 Å². The van der Waals surface area contributed by atoms with Gasteiger partial charge < -0.3 is 11.1 Å². The van der Waals surface area contributed by atoms with Crippen LogP contribution in [-0.2, 0) is 11.2 Å². The molecule has 1 unspecified atom stereocenters. The van der Waals surface area contributed by atoms with Gasteiger partial charge in [0.15, 0.2) is 0 Å². The third-order valence-corrected chi connectivity index (χ3v) is 4.27. The van der Waals surface area contributed by atoms with Crippen molar-refractivity contribution < 1.29 is 4.79 Å². The topological polar surface area (TPSA) is 55.1 Å². The molecule has 0 heterocycles. The summed E-state index contributed by atoms with van der Waals surface area (Å²) in [6.07, 6.45) is 1.93. The molecular formula is C18H30N2O. The molecule has 21 heavy (non-hydrogen) atoms. The van der Waals surface area contributed by atoms with Gasteiger partial charge in [-0.2, -0.15) is 0 Å². The number of nitrogens with two attached hydrogens (primary N) is 1. The maximum Gasteiger partial charge on any atom is 0.237 e. The Labute approximate surface area is 129 Å². The van der Waals surface area contributed by atoms with E-state index in [1.54, 1.807) is 0 Å². The first-order valence-electron chi connectivity index (χ1n) is 8.05. The van der Waals surface area contributed by atoms with E-state index in [-0.39, 0.29) is 17.9 Å². The summed E-state index contributed by atoms with van der Waals surface area (Å²) in [6.45, 7) is 10.5. The SMILES string of the molecule is CCc1ccc(C(NC(=O)[C@@H](N)[C@@H](C)CC)C(C)C)cc1. The number of aryl methyl sites for hydroxylation is 1. The van der Waals surface area contributed by atoms with Crippen molar-refractivity contribution in [1.82, 2.24) is 5.32 Å². The Morgan fingerprint density at radius 3 is 2.14 bits per heavy atom. The van der Waals surface area contributed by atoms with E-state index < -0.39 is 6.04 Å². The van der Waals surface area contributed by atoms with E-state index in [2.05, 4.69) is 57.3 Å². The predicted molar refractivity (Wildman–Crippen MR) is 89.0 cm³/mol. The molecule has 0 fully saturated rings. The van der Waals surface area contributed by atoms with Crippen LogP contribution in [0.2, 0.25) is 0 Å². The summed E-state index contributed by atoms with van der Waals surface area (Å²) in [5.74, 6) is 0.466. The minimum atomic E-state index is -0.439. The average molecular weight is 290 g/mol. The Hall–Kier alpha value is -1.35. The molecule has 0 spiro atoms. The summed E-state index contributed by atoms with van der Waals surface area (Å²) in [6, 6.07) is 8.05. The average Bonchev–Trinajstić information content (AvgIpc) is 2.50. The lowest BCUT2D eigenvalue weighted by Gasteiger charge is -2.26. The molecule has 0 saturated heterocycles. The molecular weight excluding hydrogens is 260 g/mol. The van der Waals surface area contributed by atoms with Gasteiger partial charge in [0.1, 0.15) is 0 Å². The molecule has 0 radical (unpaired) electrons. The van der Waals surface area contributed by atoms with Crippen LogP contribution in [0.4, 0.5) is 0 Å². The molecule has 3 heteroatoms. The highest BCUT2D eigenvalue weighted by Crippen LogP contribution is 2.22. The highest BCUT2D eigenvalue weighted by atomic mass is 16.2. The van der Waals surface area contributed by atoms with Crippen molar-refractivity contribution in [1.29, 1.82) is 0 Å². The molecule has 118 valence electrons. The molecule has 3 nitrogen and oxygen atoms in total. The van der Waals surface area contributed by atoms with Crippen molar-refractivity contribution in [3.05, 3.63) is 35.4 Å². The lowest BCUT2D eigenvalue weighted by Crippen LogP contribution is -2.46. The number of carbonyl (C=O) groups excluding carboxylic acids is 1. The lowest BCUT2D eigenvalue weighted by molar-refractivity contribution is -0.124. The molecule has 0 aliphatic carbocycles. The first-order chi connectivity index (χ1) is 9.90. The third-order valence-electron chi connectivity index (χ3n) is 4.27. The molecule has 0 saturated carbocycles. The Balaban J connectivity index is 2.84. The van der Waals surface area contributed by atoms with E-state index in [1.165, 1.54) is 5.56 Å². The zero-order chi connectivity index (χ0) is 16.0. The quantitative estimate of drug-likeness (QED) is 0.808. The Morgan fingerprint density at radius 2 is 1.71 bits per heavy atom. The van der Waals surface area contributed by atoms with E-state index >= 15 is 0 Å². The highest BCUT2D eigenvalue weighted by molar-refractivity contribution is 5.82. The molecule has 1 rings (SSSR count). The Kier molecular flexibility index (Phi) is 6.90. The number of nitrogens with one attached hydrogen (secondary N) is 1. The molecule has 0 aliphatic heterocycles. The van der Waals surface area contributed by atoms with Crippen LogP contribution in [-0.4, -0.2) is 11.9 Å². The number of rotatable bonds is 7. The molecule has 0 aromatic heterocycles. The van der Waals surface area contributed by atoms with Gasteiger partial charge in [0.05, 0.1) is 12.1 Å². The van der Waals surface area contributed by atoms with Gasteiger partial charge in [-0.3, -0.25) is 4.79 Å². The van der Waals surface area contributed by atoms with Gasteiger partial charge >= 0.3 is 0 Å². The normalized spacial score (nSPS) is 15.6. The number of amides is 1. The van der Waals surface area contributed by atoms with Crippen LogP contribution in [0.5, 0.6) is 0 Å². The summed E-state index contributed by atoms with van der Waals surface area (Å²) in [5.41, 5.74) is 8.49. The molecule has 0 bridgehead atoms. The smallest absolute Gasteiger partial charge is 0.237 e. The second-order valence-electron chi connectivity index (χ2n) is 6.24. The van der Waals surface area contributed by atoms with Crippen molar-refractivity contribution in [3.63, 3.8) is 0 Å². The zero-order valence-electron chi connectivity index (χ0n) is 14.0. The second kappa shape index (κ2) is 8.18. The van der Waals surface area contributed by atoms with Gasteiger partial charge in [0.25, 0.3) is 0 Å². The van der Waals surface area contributed by atoms with Crippen molar-refractivity contribution in [2.45, 2.75) is 59.5 Å². The fourth-order valence-corrected chi connectivity index (χ4v) is 2.36. The van der Waals surface area contributed by atoms with Gasteiger partial charge in [-0.1, -0.05) is 65.3 Å². The first-order valence-corrected chi connectivity index (χ1v) is 8.05. The fourth-order valence-electron chi connectivity index (χ4n) is 2.36. The fraction of sp³-hybridized carbons (Fsp3) is 0.611. The van der Waals surface area contributed by atoms with Crippen molar-refractivity contribution in [2.24, 2.45) is 17.6 Å². The number of hydrogen-bond donors (Lipinski definition) is 2. The van der Waals surface area contributed by atoms with E-state index in [9.17, 15) is 4.79 Å². The second-order valence-corrected chi connectivity index (χ2v) is 6.24. The summed E-state index contributed by atoms with van der Waals surface area (Å²) in [5, 5.41) is 3.12. The summed E-state index contributed by atoms with van der Waals surface area (Å²) in [7, 11) is 0. The van der Waals surface area contributed by atoms with Crippen LogP contribution >= 0.6 is 0 Å². The van der Waals surface area contributed by atoms with Crippen LogP contribution in [0.1, 0.15) is 58.2 Å². The van der Waals surface area contributed by atoms with Crippen molar-refractivity contribution in [2.75, 3.05) is 0 Å². The van der Waals surface area contributed by atoms with Crippen LogP contribution in [0, 0.1) is 11.8 Å². The standard InChI is InChI=1S/C18H30N2O/c1-6-13(5)16(19)18(21)20-17(12(3)4)15-10-8-14(7-2)9-11-15/h8-13,16-17H,6-7,19H2,1-5H3,(H,20,21)/t13-,16-,17?/m0/s1. The van der Waals surface area contributed by atoms with E-state index in [0.717, 1.165) is 18.4 Å². The maximum atomic E-state index is 12.3. The Bertz CT molecular complexity index is 439. The van der Waals surface area contributed by atoms with Gasteiger partial charge in [-0.05, 0) is 29.4 Å². The van der Waals surface area contributed by atoms with Crippen LogP contribution in [0.3, 0.4) is 0 Å². The highest BCUT2D eigenvalue weighted by Gasteiger charge is 2.24. The molecule has 1 amide bonds. The Morgan fingerprint density at radius 1 is 1.14 bits per heavy atom. The summed E-state index contributed by atoms with van der Waals surface area (Å²) in [4.78, 5) is 12.3. The van der Waals surface area contributed by atoms with Gasteiger partial charge in [-0.15, -0.1) is 0 Å². The summed E-state index contributed by atoms with van der Waals surface area (Å²) < 4.78 is 0. The number of hydrogen-bond acceptors (Lipinski definition) is 2. The predicted octanol–water partition coefficient (Wildman–Crippen LogP) is 3.44. The van der Waals surface area contributed by atoms with E-state index in [1.807, 2.05) is 6.92 Å². The summed E-state index contributed by atoms with van der Waals surface area (Å²) >= 11 is 0. The molecule has 0 aliphatic rings. The van der Waals surface area contributed by atoms with Gasteiger partial charge in [0, 0.05) is 0 Å². The molecule has 1 aromatic carbocycles. The third kappa shape index (κ3) is 4.85. The van der Waals surface area contributed by atoms with Crippen LogP contribution < -0.4 is 11.1 Å². The minimum absolute atomic E-state index is 0.0125. The largest absolute Gasteiger partial charge is 0.348 e. The number of carbonyl (C=O) groups is 1. The minimum Gasteiger partial charge on any atom is -0.348 e. The number of benzene rings is 1. The zero-order valence-corrected chi connectivity index (χ0v) is 14.0.